The van der Waals surface area contributed by atoms with E-state index in [1.165, 1.54) is 0 Å². The predicted octanol–water partition coefficient (Wildman–Crippen LogP) is 7.11. The molecule has 0 atom stereocenters. The minimum Gasteiger partial charge on any atom is -0.321 e. The predicted molar refractivity (Wildman–Crippen MR) is 134 cm³/mol. The molecule has 0 bridgehead atoms. The number of nitrogens with zero attached hydrogens (tertiary/aromatic N) is 2. The molecule has 0 aliphatic heterocycles. The smallest absolute Gasteiger partial charge is 0.276 e. The lowest BCUT2D eigenvalue weighted by Crippen LogP contribution is -2.13. The average Bonchev–Trinajstić information content (AvgIpc) is 3.31. The van der Waals surface area contributed by atoms with Crippen molar-refractivity contribution in [1.29, 1.82) is 0 Å². The van der Waals surface area contributed by atoms with Crippen LogP contribution in [-0.2, 0) is 0 Å². The largest absolute Gasteiger partial charge is 0.321 e. The van der Waals surface area contributed by atoms with Crippen LogP contribution < -0.4 is 5.32 Å². The molecule has 5 heteroatoms. The Kier molecular flexibility index (Phi) is 5.75. The van der Waals surface area contributed by atoms with Crippen LogP contribution in [0.1, 0.15) is 10.5 Å². The van der Waals surface area contributed by atoms with Gasteiger partial charge in [0.15, 0.2) is 5.69 Å². The van der Waals surface area contributed by atoms with Crippen LogP contribution in [0.15, 0.2) is 115 Å². The van der Waals surface area contributed by atoms with Crippen LogP contribution in [0, 0.1) is 0 Å². The Morgan fingerprint density at radius 2 is 1.33 bits per heavy atom. The van der Waals surface area contributed by atoms with E-state index in [2.05, 4.69) is 46.8 Å². The van der Waals surface area contributed by atoms with E-state index in [0.717, 1.165) is 28.1 Å². The second-order valence-corrected chi connectivity index (χ2v) is 8.01. The van der Waals surface area contributed by atoms with E-state index in [-0.39, 0.29) is 5.91 Å². The van der Waals surface area contributed by atoms with Gasteiger partial charge in [-0.15, -0.1) is 0 Å². The summed E-state index contributed by atoms with van der Waals surface area (Å²) in [6, 6.07) is 37.1. The van der Waals surface area contributed by atoms with Gasteiger partial charge in [-0.05, 0) is 47.5 Å². The van der Waals surface area contributed by atoms with E-state index in [9.17, 15) is 4.79 Å². The van der Waals surface area contributed by atoms with Crippen LogP contribution in [0.5, 0.6) is 0 Å². The maximum atomic E-state index is 13.0. The molecule has 5 aromatic rings. The Labute approximate surface area is 197 Å². The lowest BCUT2D eigenvalue weighted by atomic mass is 10.0. The summed E-state index contributed by atoms with van der Waals surface area (Å²) in [7, 11) is 0. The quantitative estimate of drug-likeness (QED) is 0.310. The first-order chi connectivity index (χ1) is 16.2. The monoisotopic (exact) mass is 449 g/mol. The summed E-state index contributed by atoms with van der Waals surface area (Å²) in [5, 5.41) is 8.06. The molecular formula is C28H20ClN3O. The third-order valence-electron chi connectivity index (χ3n) is 5.31. The van der Waals surface area contributed by atoms with Crippen LogP contribution in [0.4, 0.5) is 5.69 Å². The fourth-order valence-corrected chi connectivity index (χ4v) is 3.88. The fraction of sp³-hybridized carbons (Fsp3) is 0. The number of rotatable bonds is 5. The van der Waals surface area contributed by atoms with Gasteiger partial charge in [-0.25, -0.2) is 4.68 Å². The molecule has 0 aliphatic carbocycles. The Balaban J connectivity index is 1.52. The molecule has 5 rings (SSSR count). The molecular weight excluding hydrogens is 430 g/mol. The van der Waals surface area contributed by atoms with E-state index in [1.54, 1.807) is 28.9 Å². The number of carbonyl (C=O) groups is 1. The highest BCUT2D eigenvalue weighted by molar-refractivity contribution is 6.31. The molecule has 1 aromatic heterocycles. The lowest BCUT2D eigenvalue weighted by Gasteiger charge is -2.08. The number of hydrogen-bond acceptors (Lipinski definition) is 2. The maximum absolute atomic E-state index is 13.0. The molecule has 0 saturated heterocycles. The summed E-state index contributed by atoms with van der Waals surface area (Å²) in [6.07, 6.45) is 0. The highest BCUT2D eigenvalue weighted by Crippen LogP contribution is 2.28. The van der Waals surface area contributed by atoms with E-state index in [1.807, 2.05) is 54.6 Å². The van der Waals surface area contributed by atoms with Crippen LogP contribution >= 0.6 is 11.6 Å². The Morgan fingerprint density at radius 1 is 0.697 bits per heavy atom. The zero-order valence-electron chi connectivity index (χ0n) is 17.7. The molecule has 1 heterocycles. The first-order valence-corrected chi connectivity index (χ1v) is 10.9. The minimum atomic E-state index is -0.297. The fourth-order valence-electron chi connectivity index (χ4n) is 3.69. The Morgan fingerprint density at radius 3 is 2.03 bits per heavy atom. The van der Waals surface area contributed by atoms with Gasteiger partial charge in [0.1, 0.15) is 0 Å². The van der Waals surface area contributed by atoms with Crippen LogP contribution in [-0.4, -0.2) is 15.7 Å². The number of anilines is 1. The van der Waals surface area contributed by atoms with Crippen molar-refractivity contribution in [3.63, 3.8) is 0 Å². The molecule has 0 saturated carbocycles. The van der Waals surface area contributed by atoms with Crippen molar-refractivity contribution in [2.45, 2.75) is 0 Å². The van der Waals surface area contributed by atoms with E-state index < -0.39 is 0 Å². The molecule has 0 fully saturated rings. The number of hydrogen-bond donors (Lipinski definition) is 1. The van der Waals surface area contributed by atoms with Crippen molar-refractivity contribution in [1.82, 2.24) is 9.78 Å². The third-order valence-corrected chi connectivity index (χ3v) is 5.55. The zero-order valence-corrected chi connectivity index (χ0v) is 18.4. The number of para-hydroxylation sites is 1. The standard InChI is InChI=1S/C28H20ClN3O/c29-23-10-7-11-24(18-23)30-28(33)26-19-27(32(31-26)25-12-5-2-6-13-25)22-16-14-21(15-17-22)20-8-3-1-4-9-20/h1-19H,(H,30,33). The maximum Gasteiger partial charge on any atom is 0.276 e. The molecule has 0 radical (unpaired) electrons. The molecule has 160 valence electrons. The summed E-state index contributed by atoms with van der Waals surface area (Å²) >= 11 is 6.05. The van der Waals surface area contributed by atoms with Crippen molar-refractivity contribution >= 4 is 23.2 Å². The van der Waals surface area contributed by atoms with Gasteiger partial charge < -0.3 is 5.32 Å². The molecule has 0 spiro atoms. The van der Waals surface area contributed by atoms with Crippen molar-refractivity contribution < 1.29 is 4.79 Å². The molecule has 4 aromatic carbocycles. The van der Waals surface area contributed by atoms with Crippen LogP contribution in [0.2, 0.25) is 5.02 Å². The first-order valence-electron chi connectivity index (χ1n) is 10.6. The van der Waals surface area contributed by atoms with Gasteiger partial charge in [0, 0.05) is 16.3 Å². The molecule has 1 amide bonds. The third kappa shape index (κ3) is 4.56. The highest BCUT2D eigenvalue weighted by atomic mass is 35.5. The van der Waals surface area contributed by atoms with Crippen molar-refractivity contribution in [3.8, 4) is 28.1 Å². The average molecular weight is 450 g/mol. The summed E-state index contributed by atoms with van der Waals surface area (Å²) in [4.78, 5) is 13.0. The Hall–Kier alpha value is -4.15. The van der Waals surface area contributed by atoms with Gasteiger partial charge in [-0.3, -0.25) is 4.79 Å². The summed E-state index contributed by atoms with van der Waals surface area (Å²) in [6.45, 7) is 0. The van der Waals surface area contributed by atoms with E-state index >= 15 is 0 Å². The molecule has 4 nitrogen and oxygen atoms in total. The van der Waals surface area contributed by atoms with Gasteiger partial charge in [0.25, 0.3) is 5.91 Å². The Bertz CT molecular complexity index is 1390. The van der Waals surface area contributed by atoms with Gasteiger partial charge in [-0.2, -0.15) is 5.10 Å². The minimum absolute atomic E-state index is 0.297. The highest BCUT2D eigenvalue weighted by Gasteiger charge is 2.17. The normalized spacial score (nSPS) is 10.7. The second kappa shape index (κ2) is 9.15. The van der Waals surface area contributed by atoms with Crippen molar-refractivity contribution in [3.05, 3.63) is 126 Å². The second-order valence-electron chi connectivity index (χ2n) is 7.57. The topological polar surface area (TPSA) is 46.9 Å². The van der Waals surface area contributed by atoms with E-state index in [4.69, 9.17) is 11.6 Å². The molecule has 33 heavy (non-hydrogen) atoms. The summed E-state index contributed by atoms with van der Waals surface area (Å²) < 4.78 is 1.80. The van der Waals surface area contributed by atoms with Gasteiger partial charge in [0.05, 0.1) is 11.4 Å². The number of halogens is 1. The first kappa shape index (κ1) is 20.7. The number of carbonyl (C=O) groups excluding carboxylic acids is 1. The SMILES string of the molecule is O=C(Nc1cccc(Cl)c1)c1cc(-c2ccc(-c3ccccc3)cc2)n(-c2ccccc2)n1. The number of amides is 1. The summed E-state index contributed by atoms with van der Waals surface area (Å²) in [5.41, 5.74) is 5.90. The van der Waals surface area contributed by atoms with E-state index in [0.29, 0.717) is 16.4 Å². The lowest BCUT2D eigenvalue weighted by molar-refractivity contribution is 0.102. The number of nitrogens with one attached hydrogen (secondary N) is 1. The van der Waals surface area contributed by atoms with Crippen molar-refractivity contribution in [2.24, 2.45) is 0 Å². The van der Waals surface area contributed by atoms with Crippen molar-refractivity contribution in [2.75, 3.05) is 5.32 Å². The van der Waals surface area contributed by atoms with Gasteiger partial charge in [0.2, 0.25) is 0 Å². The number of aromatic nitrogens is 2. The molecule has 1 N–H and O–H groups in total. The summed E-state index contributed by atoms with van der Waals surface area (Å²) in [5.74, 6) is -0.297. The van der Waals surface area contributed by atoms with Crippen LogP contribution in [0.25, 0.3) is 28.1 Å². The number of benzene rings is 4. The van der Waals surface area contributed by atoms with Crippen LogP contribution in [0.3, 0.4) is 0 Å². The molecule has 0 unspecified atom stereocenters. The van der Waals surface area contributed by atoms with Gasteiger partial charge >= 0.3 is 0 Å². The zero-order chi connectivity index (χ0) is 22.6. The molecule has 0 aliphatic rings. The van der Waals surface area contributed by atoms with Gasteiger partial charge in [-0.1, -0.05) is 90.5 Å².